The summed E-state index contributed by atoms with van der Waals surface area (Å²) in [5.41, 5.74) is 1.54. The van der Waals surface area contributed by atoms with Crippen molar-refractivity contribution in [3.8, 4) is 0 Å². The van der Waals surface area contributed by atoms with Gasteiger partial charge in [-0.1, -0.05) is 39.0 Å². The van der Waals surface area contributed by atoms with Gasteiger partial charge in [-0.05, 0) is 17.4 Å². The van der Waals surface area contributed by atoms with Gasteiger partial charge in [-0.3, -0.25) is 0 Å². The van der Waals surface area contributed by atoms with Gasteiger partial charge in [0.2, 0.25) is 0 Å². The maximum atomic E-state index is 9.16. The Balaban J connectivity index is 2.71. The lowest BCUT2D eigenvalue weighted by atomic mass is 9.83. The molecule has 0 heterocycles. The molecule has 1 nitrogen and oxygen atoms in total. The molecule has 1 N–H and O–H groups in total. The molecule has 0 spiro atoms. The Hall–Kier alpha value is -0.560. The molecular formula is C10H16O. The van der Waals surface area contributed by atoms with Crippen molar-refractivity contribution in [2.75, 3.05) is 0 Å². The van der Waals surface area contributed by atoms with E-state index in [4.69, 9.17) is 5.11 Å². The zero-order valence-electron chi connectivity index (χ0n) is 7.46. The molecule has 0 bridgehead atoms. The molecule has 0 aliphatic heterocycles. The fraction of sp³-hybridized carbons (Fsp3) is 0.600. The molecule has 0 saturated carbocycles. The van der Waals surface area contributed by atoms with Crippen molar-refractivity contribution in [3.05, 3.63) is 23.8 Å². The van der Waals surface area contributed by atoms with Gasteiger partial charge in [-0.15, -0.1) is 0 Å². The number of rotatable bonds is 0. The third kappa shape index (κ3) is 2.19. The van der Waals surface area contributed by atoms with E-state index in [1.165, 1.54) is 5.57 Å². The van der Waals surface area contributed by atoms with E-state index >= 15 is 0 Å². The van der Waals surface area contributed by atoms with Gasteiger partial charge in [0.25, 0.3) is 0 Å². The topological polar surface area (TPSA) is 20.2 Å². The van der Waals surface area contributed by atoms with Crippen LogP contribution >= 0.6 is 0 Å². The smallest absolute Gasteiger partial charge is 0.0758 e. The molecule has 0 aromatic rings. The minimum absolute atomic E-state index is 0.219. The quantitative estimate of drug-likeness (QED) is 0.564. The Bertz CT molecular complexity index is 193. The number of aliphatic hydroxyl groups is 1. The maximum Gasteiger partial charge on any atom is 0.0758 e. The van der Waals surface area contributed by atoms with Crippen LogP contribution in [-0.2, 0) is 0 Å². The molecule has 0 saturated heterocycles. The molecule has 1 unspecified atom stereocenters. The summed E-state index contributed by atoms with van der Waals surface area (Å²) in [7, 11) is 0. The fourth-order valence-electron chi connectivity index (χ4n) is 1.17. The van der Waals surface area contributed by atoms with E-state index in [2.05, 4.69) is 26.8 Å². The van der Waals surface area contributed by atoms with Crippen molar-refractivity contribution in [2.24, 2.45) is 5.41 Å². The number of hydrogen-bond donors (Lipinski definition) is 1. The third-order valence-electron chi connectivity index (χ3n) is 1.94. The van der Waals surface area contributed by atoms with Crippen molar-refractivity contribution >= 4 is 0 Å². The molecule has 0 fully saturated rings. The molecule has 0 amide bonds. The molecule has 1 aliphatic rings. The summed E-state index contributed by atoms with van der Waals surface area (Å²) in [4.78, 5) is 0. The highest BCUT2D eigenvalue weighted by atomic mass is 16.3. The van der Waals surface area contributed by atoms with Crippen molar-refractivity contribution in [2.45, 2.75) is 33.3 Å². The van der Waals surface area contributed by atoms with E-state index in [-0.39, 0.29) is 11.5 Å². The summed E-state index contributed by atoms with van der Waals surface area (Å²) in [6, 6.07) is 0. The van der Waals surface area contributed by atoms with Crippen LogP contribution in [0.5, 0.6) is 0 Å². The van der Waals surface area contributed by atoms with Crippen molar-refractivity contribution in [3.63, 3.8) is 0 Å². The fourth-order valence-corrected chi connectivity index (χ4v) is 1.17. The monoisotopic (exact) mass is 152 g/mol. The first kappa shape index (κ1) is 8.54. The lowest BCUT2D eigenvalue weighted by molar-refractivity contribution is 0.224. The zero-order valence-corrected chi connectivity index (χ0v) is 7.46. The van der Waals surface area contributed by atoms with Crippen LogP contribution in [0.15, 0.2) is 23.8 Å². The van der Waals surface area contributed by atoms with Gasteiger partial charge in [0.15, 0.2) is 0 Å². The van der Waals surface area contributed by atoms with Gasteiger partial charge >= 0.3 is 0 Å². The van der Waals surface area contributed by atoms with Crippen molar-refractivity contribution in [1.82, 2.24) is 0 Å². The third-order valence-corrected chi connectivity index (χ3v) is 1.94. The Kier molecular flexibility index (Phi) is 2.19. The second kappa shape index (κ2) is 2.82. The lowest BCUT2D eigenvalue weighted by Gasteiger charge is -2.23. The number of allylic oxidation sites excluding steroid dienone is 2. The molecule has 0 aromatic heterocycles. The summed E-state index contributed by atoms with van der Waals surface area (Å²) < 4.78 is 0. The van der Waals surface area contributed by atoms with Crippen LogP contribution in [-0.4, -0.2) is 11.2 Å². The molecule has 11 heavy (non-hydrogen) atoms. The molecule has 62 valence electrons. The van der Waals surface area contributed by atoms with Gasteiger partial charge in [-0.2, -0.15) is 0 Å². The number of hydrogen-bond acceptors (Lipinski definition) is 1. The first-order valence-electron chi connectivity index (χ1n) is 4.07. The van der Waals surface area contributed by atoms with Gasteiger partial charge in [-0.25, -0.2) is 0 Å². The largest absolute Gasteiger partial charge is 0.389 e. The summed E-state index contributed by atoms with van der Waals surface area (Å²) in [5, 5.41) is 9.16. The van der Waals surface area contributed by atoms with Crippen LogP contribution in [0, 0.1) is 5.41 Å². The SMILES string of the molecule is CC(C)(C)C1=CCC(O)C=C1. The zero-order chi connectivity index (χ0) is 8.48. The maximum absolute atomic E-state index is 9.16. The molecular weight excluding hydrogens is 136 g/mol. The van der Waals surface area contributed by atoms with Gasteiger partial charge in [0.1, 0.15) is 0 Å². The summed E-state index contributed by atoms with van der Waals surface area (Å²) in [6.07, 6.45) is 6.50. The molecule has 0 radical (unpaired) electrons. The number of aliphatic hydroxyl groups excluding tert-OH is 1. The van der Waals surface area contributed by atoms with Crippen molar-refractivity contribution < 1.29 is 5.11 Å². The highest BCUT2D eigenvalue weighted by molar-refractivity contribution is 5.28. The minimum atomic E-state index is -0.263. The predicted octanol–water partition coefficient (Wildman–Crippen LogP) is 2.28. The summed E-state index contributed by atoms with van der Waals surface area (Å²) in [5.74, 6) is 0. The van der Waals surface area contributed by atoms with Crippen LogP contribution in [0.1, 0.15) is 27.2 Å². The van der Waals surface area contributed by atoms with Gasteiger partial charge < -0.3 is 5.11 Å². The highest BCUT2D eigenvalue weighted by Crippen LogP contribution is 2.28. The van der Waals surface area contributed by atoms with Crippen LogP contribution in [0.2, 0.25) is 0 Å². The second-order valence-electron chi connectivity index (χ2n) is 4.07. The van der Waals surface area contributed by atoms with Crippen LogP contribution < -0.4 is 0 Å². The van der Waals surface area contributed by atoms with E-state index in [9.17, 15) is 0 Å². The highest BCUT2D eigenvalue weighted by Gasteiger charge is 2.16. The van der Waals surface area contributed by atoms with Crippen LogP contribution in [0.25, 0.3) is 0 Å². The minimum Gasteiger partial charge on any atom is -0.389 e. The van der Waals surface area contributed by atoms with Crippen LogP contribution in [0.4, 0.5) is 0 Å². The standard InChI is InChI=1S/C10H16O/c1-10(2,3)8-4-6-9(11)7-5-8/h4-6,9,11H,7H2,1-3H3. The van der Waals surface area contributed by atoms with E-state index in [1.807, 2.05) is 12.2 Å². The molecule has 1 aliphatic carbocycles. The summed E-state index contributed by atoms with van der Waals surface area (Å²) >= 11 is 0. The van der Waals surface area contributed by atoms with E-state index in [1.54, 1.807) is 0 Å². The Morgan fingerprint density at radius 3 is 2.45 bits per heavy atom. The summed E-state index contributed by atoms with van der Waals surface area (Å²) in [6.45, 7) is 6.54. The Labute approximate surface area is 68.4 Å². The first-order chi connectivity index (χ1) is 5.00. The second-order valence-corrected chi connectivity index (χ2v) is 4.07. The van der Waals surface area contributed by atoms with E-state index in [0.29, 0.717) is 0 Å². The lowest BCUT2D eigenvalue weighted by Crippen LogP contribution is -2.13. The molecule has 1 atom stereocenters. The molecule has 1 rings (SSSR count). The van der Waals surface area contributed by atoms with Crippen molar-refractivity contribution in [1.29, 1.82) is 0 Å². The van der Waals surface area contributed by atoms with E-state index in [0.717, 1.165) is 6.42 Å². The van der Waals surface area contributed by atoms with E-state index < -0.39 is 0 Å². The van der Waals surface area contributed by atoms with Gasteiger partial charge in [0.05, 0.1) is 6.10 Å². The Morgan fingerprint density at radius 1 is 1.45 bits per heavy atom. The molecule has 1 heteroatoms. The average Bonchev–Trinajstić information content (AvgIpc) is 1.86. The molecule has 0 aromatic carbocycles. The van der Waals surface area contributed by atoms with Crippen LogP contribution in [0.3, 0.4) is 0 Å². The average molecular weight is 152 g/mol. The first-order valence-corrected chi connectivity index (χ1v) is 4.07. The van der Waals surface area contributed by atoms with Gasteiger partial charge in [0, 0.05) is 0 Å². The predicted molar refractivity (Wildman–Crippen MR) is 47.3 cm³/mol. The normalized spacial score (nSPS) is 25.1. The Morgan fingerprint density at radius 2 is 2.09 bits per heavy atom.